The van der Waals surface area contributed by atoms with E-state index in [1.165, 1.54) is 5.56 Å². The summed E-state index contributed by atoms with van der Waals surface area (Å²) in [5.74, 6) is 0.146. The van der Waals surface area contributed by atoms with Crippen LogP contribution < -0.4 is 0 Å². The lowest BCUT2D eigenvalue weighted by atomic mass is 10.2. The van der Waals surface area contributed by atoms with Gasteiger partial charge in [0.05, 0.1) is 0 Å². The fourth-order valence-electron chi connectivity index (χ4n) is 2.71. The fourth-order valence-corrected chi connectivity index (χ4v) is 2.71. The molecule has 1 aliphatic rings. The molecule has 0 saturated carbocycles. The third-order valence-corrected chi connectivity index (χ3v) is 4.05. The Hall–Kier alpha value is -2.40. The number of amides is 1. The number of hydrogen-bond donors (Lipinski definition) is 0. The highest BCUT2D eigenvalue weighted by Crippen LogP contribution is 2.05. The molecule has 2 heterocycles. The Kier molecular flexibility index (Phi) is 5.21. The van der Waals surface area contributed by atoms with Crippen LogP contribution in [0, 0.1) is 0 Å². The van der Waals surface area contributed by atoms with E-state index in [1.54, 1.807) is 10.9 Å². The number of benzene rings is 1. The molecule has 1 amide bonds. The van der Waals surface area contributed by atoms with Gasteiger partial charge in [-0.1, -0.05) is 42.5 Å². The van der Waals surface area contributed by atoms with Crippen molar-refractivity contribution in [2.24, 2.45) is 0 Å². The van der Waals surface area contributed by atoms with Gasteiger partial charge in [-0.15, -0.1) is 0 Å². The highest BCUT2D eigenvalue weighted by atomic mass is 16.2. The molecule has 0 unspecified atom stereocenters. The van der Waals surface area contributed by atoms with Gasteiger partial charge in [0.25, 0.3) is 0 Å². The molecule has 2 aromatic rings. The maximum Gasteiger partial charge on any atom is 0.244 e. The van der Waals surface area contributed by atoms with Crippen molar-refractivity contribution in [2.75, 3.05) is 32.7 Å². The fraction of sp³-hybridized carbons (Fsp3) is 0.333. The molecule has 23 heavy (non-hydrogen) atoms. The average Bonchev–Trinajstić information content (AvgIpc) is 3.09. The van der Waals surface area contributed by atoms with Gasteiger partial charge < -0.3 is 4.90 Å². The summed E-state index contributed by atoms with van der Waals surface area (Å²) >= 11 is 0. The van der Waals surface area contributed by atoms with E-state index in [0.717, 1.165) is 32.7 Å². The van der Waals surface area contributed by atoms with E-state index in [1.807, 2.05) is 35.4 Å². The van der Waals surface area contributed by atoms with E-state index in [2.05, 4.69) is 34.3 Å². The van der Waals surface area contributed by atoms with E-state index in [4.69, 9.17) is 0 Å². The van der Waals surface area contributed by atoms with Gasteiger partial charge in [0.2, 0.25) is 5.91 Å². The molecule has 5 heteroatoms. The van der Waals surface area contributed by atoms with Crippen molar-refractivity contribution in [3.05, 3.63) is 60.4 Å². The predicted molar refractivity (Wildman–Crippen MR) is 90.7 cm³/mol. The van der Waals surface area contributed by atoms with Gasteiger partial charge >= 0.3 is 0 Å². The summed E-state index contributed by atoms with van der Waals surface area (Å²) < 4.78 is 1.68. The Labute approximate surface area is 136 Å². The van der Waals surface area contributed by atoms with E-state index in [0.29, 0.717) is 6.54 Å². The minimum Gasteiger partial charge on any atom is -0.339 e. The third-order valence-electron chi connectivity index (χ3n) is 4.05. The highest BCUT2D eigenvalue weighted by molar-refractivity contribution is 5.76. The summed E-state index contributed by atoms with van der Waals surface area (Å²) in [6.45, 7) is 4.68. The van der Waals surface area contributed by atoms with Crippen molar-refractivity contribution < 1.29 is 4.79 Å². The molecule has 0 spiro atoms. The molecule has 1 aromatic carbocycles. The van der Waals surface area contributed by atoms with Crippen molar-refractivity contribution >= 4 is 12.0 Å². The standard InChI is InChI=1S/C18H22N4O/c23-18(16-22-11-5-9-19-22)21-14-12-20(13-15-21)10-4-8-17-6-2-1-3-7-17/h1-9,11H,10,12-16H2/b8-4+. The van der Waals surface area contributed by atoms with Gasteiger partial charge in [-0.2, -0.15) is 5.10 Å². The SMILES string of the molecule is O=C(Cn1cccn1)N1CCN(C/C=C/c2ccccc2)CC1. The Morgan fingerprint density at radius 3 is 2.57 bits per heavy atom. The lowest BCUT2D eigenvalue weighted by molar-refractivity contribution is -0.133. The monoisotopic (exact) mass is 310 g/mol. The molecule has 3 rings (SSSR count). The highest BCUT2D eigenvalue weighted by Gasteiger charge is 2.20. The number of hydrogen-bond acceptors (Lipinski definition) is 3. The first-order valence-corrected chi connectivity index (χ1v) is 8.00. The molecule has 1 fully saturated rings. The zero-order chi connectivity index (χ0) is 15.9. The first-order chi connectivity index (χ1) is 11.3. The number of rotatable bonds is 5. The molecule has 0 aliphatic carbocycles. The second kappa shape index (κ2) is 7.74. The Bertz CT molecular complexity index is 628. The van der Waals surface area contributed by atoms with Crippen molar-refractivity contribution in [1.29, 1.82) is 0 Å². The van der Waals surface area contributed by atoms with Gasteiger partial charge in [-0.25, -0.2) is 0 Å². The predicted octanol–water partition coefficient (Wildman–Crippen LogP) is 1.74. The van der Waals surface area contributed by atoms with Crippen LogP contribution in [0.5, 0.6) is 0 Å². The molecule has 5 nitrogen and oxygen atoms in total. The minimum absolute atomic E-state index is 0.146. The molecular formula is C18H22N4O. The topological polar surface area (TPSA) is 41.4 Å². The quantitative estimate of drug-likeness (QED) is 0.845. The Balaban J connectivity index is 1.41. The van der Waals surface area contributed by atoms with Crippen molar-refractivity contribution in [3.63, 3.8) is 0 Å². The second-order valence-corrected chi connectivity index (χ2v) is 5.70. The molecule has 120 valence electrons. The minimum atomic E-state index is 0.146. The van der Waals surface area contributed by atoms with E-state index >= 15 is 0 Å². The molecule has 1 aromatic heterocycles. The number of aromatic nitrogens is 2. The average molecular weight is 310 g/mol. The molecule has 0 atom stereocenters. The van der Waals surface area contributed by atoms with Crippen LogP contribution in [0.1, 0.15) is 5.56 Å². The van der Waals surface area contributed by atoms with Crippen LogP contribution >= 0.6 is 0 Å². The number of carbonyl (C=O) groups excluding carboxylic acids is 1. The van der Waals surface area contributed by atoms with Crippen molar-refractivity contribution in [1.82, 2.24) is 19.6 Å². The van der Waals surface area contributed by atoms with Gasteiger partial charge in [0, 0.05) is 45.1 Å². The van der Waals surface area contributed by atoms with Crippen LogP contribution in [0.4, 0.5) is 0 Å². The van der Waals surface area contributed by atoms with E-state index in [9.17, 15) is 4.79 Å². The summed E-state index contributed by atoms with van der Waals surface area (Å²) in [5, 5.41) is 4.08. The van der Waals surface area contributed by atoms with Crippen LogP contribution in [0.15, 0.2) is 54.9 Å². The van der Waals surface area contributed by atoms with Crippen molar-refractivity contribution in [2.45, 2.75) is 6.54 Å². The number of nitrogens with zero attached hydrogens (tertiary/aromatic N) is 4. The van der Waals surface area contributed by atoms with Gasteiger partial charge in [0.15, 0.2) is 0 Å². The van der Waals surface area contributed by atoms with Crippen LogP contribution in [0.2, 0.25) is 0 Å². The Morgan fingerprint density at radius 1 is 1.09 bits per heavy atom. The molecular weight excluding hydrogens is 288 g/mol. The molecule has 1 saturated heterocycles. The first kappa shape index (κ1) is 15.5. The van der Waals surface area contributed by atoms with Gasteiger partial charge in [-0.3, -0.25) is 14.4 Å². The number of carbonyl (C=O) groups is 1. The summed E-state index contributed by atoms with van der Waals surface area (Å²) in [6, 6.07) is 12.2. The Morgan fingerprint density at radius 2 is 1.87 bits per heavy atom. The maximum atomic E-state index is 12.2. The van der Waals surface area contributed by atoms with Gasteiger partial charge in [-0.05, 0) is 11.6 Å². The normalized spacial score (nSPS) is 16.1. The summed E-state index contributed by atoms with van der Waals surface area (Å²) in [7, 11) is 0. The largest absolute Gasteiger partial charge is 0.339 e. The first-order valence-electron chi connectivity index (χ1n) is 8.00. The van der Waals surface area contributed by atoms with E-state index < -0.39 is 0 Å². The van der Waals surface area contributed by atoms with E-state index in [-0.39, 0.29) is 5.91 Å². The summed E-state index contributed by atoms with van der Waals surface area (Å²) in [6.07, 6.45) is 7.86. The second-order valence-electron chi connectivity index (χ2n) is 5.70. The smallest absolute Gasteiger partial charge is 0.244 e. The third kappa shape index (κ3) is 4.53. The van der Waals surface area contributed by atoms with Gasteiger partial charge in [0.1, 0.15) is 6.54 Å². The van der Waals surface area contributed by atoms with Crippen LogP contribution in [0.3, 0.4) is 0 Å². The van der Waals surface area contributed by atoms with Crippen molar-refractivity contribution in [3.8, 4) is 0 Å². The number of piperazine rings is 1. The van der Waals surface area contributed by atoms with Crippen LogP contribution in [-0.4, -0.2) is 58.2 Å². The van der Waals surface area contributed by atoms with Crippen LogP contribution in [-0.2, 0) is 11.3 Å². The lowest BCUT2D eigenvalue weighted by Crippen LogP contribution is -2.49. The summed E-state index contributed by atoms with van der Waals surface area (Å²) in [4.78, 5) is 16.5. The molecule has 1 aliphatic heterocycles. The molecule has 0 bridgehead atoms. The summed E-state index contributed by atoms with van der Waals surface area (Å²) in [5.41, 5.74) is 1.22. The molecule has 0 radical (unpaired) electrons. The zero-order valence-electron chi connectivity index (χ0n) is 13.2. The zero-order valence-corrected chi connectivity index (χ0v) is 13.2. The molecule has 0 N–H and O–H groups in total. The lowest BCUT2D eigenvalue weighted by Gasteiger charge is -2.34. The van der Waals surface area contributed by atoms with Crippen LogP contribution in [0.25, 0.3) is 6.08 Å². The maximum absolute atomic E-state index is 12.2.